The molecule has 0 aliphatic carbocycles. The van der Waals surface area contributed by atoms with E-state index in [4.69, 9.17) is 0 Å². The van der Waals surface area contributed by atoms with Crippen molar-refractivity contribution < 1.29 is 13.2 Å². The Balaban J connectivity index is 2.00. The minimum atomic E-state index is -4.60. The number of halogens is 3. The molecule has 0 amide bonds. The highest BCUT2D eigenvalue weighted by Gasteiger charge is 2.34. The van der Waals surface area contributed by atoms with Crippen LogP contribution in [0.5, 0.6) is 0 Å². The van der Waals surface area contributed by atoms with Crippen molar-refractivity contribution in [2.45, 2.75) is 52.8 Å². The summed E-state index contributed by atoms with van der Waals surface area (Å²) in [7, 11) is 0. The van der Waals surface area contributed by atoms with Gasteiger partial charge in [-0.05, 0) is 36.6 Å². The molecule has 6 nitrogen and oxygen atoms in total. The molecule has 2 aromatic heterocycles. The molecular formula is C24H28F3N5O. The van der Waals surface area contributed by atoms with Gasteiger partial charge in [-0.15, -0.1) is 0 Å². The molecule has 2 heterocycles. The maximum absolute atomic E-state index is 13.7. The van der Waals surface area contributed by atoms with Gasteiger partial charge in [0.2, 0.25) is 0 Å². The molecule has 0 aliphatic rings. The monoisotopic (exact) mass is 459 g/mol. The highest BCUT2D eigenvalue weighted by molar-refractivity contribution is 5.66. The number of rotatable bonds is 9. The zero-order chi connectivity index (χ0) is 24.0. The predicted octanol–water partition coefficient (Wildman–Crippen LogP) is 5.00. The molecule has 0 aliphatic heterocycles. The van der Waals surface area contributed by atoms with Crippen LogP contribution in [0.4, 0.5) is 13.2 Å². The first-order valence-electron chi connectivity index (χ1n) is 11.0. The first kappa shape index (κ1) is 24.6. The smallest absolute Gasteiger partial charge is 0.312 e. The largest absolute Gasteiger partial charge is 0.417 e. The number of aromatic amines is 1. The standard InChI is InChI=1S/C24H28F3N5O/c1-4-5-6-21-29-13-17(14-30-21)20-10-22(33)32-23(31-20)18-9-16(12-28-11-15(2)3)7-8-19(18)24(25,26)27/h7-10,13-15,28H,4-6,11-12H2,1-3H3,(H,31,32,33). The molecular weight excluding hydrogens is 431 g/mol. The quantitative estimate of drug-likeness (QED) is 0.470. The van der Waals surface area contributed by atoms with Gasteiger partial charge in [-0.3, -0.25) is 4.79 Å². The Morgan fingerprint density at radius 3 is 2.48 bits per heavy atom. The summed E-state index contributed by atoms with van der Waals surface area (Å²) < 4.78 is 41.2. The van der Waals surface area contributed by atoms with E-state index in [0.29, 0.717) is 29.4 Å². The predicted molar refractivity (Wildman–Crippen MR) is 121 cm³/mol. The Hall–Kier alpha value is -3.07. The number of nitrogens with one attached hydrogen (secondary N) is 2. The Kier molecular flexibility index (Phi) is 7.97. The lowest BCUT2D eigenvalue weighted by atomic mass is 10.0. The molecule has 0 atom stereocenters. The average Bonchev–Trinajstić information content (AvgIpc) is 2.76. The molecule has 0 bridgehead atoms. The van der Waals surface area contributed by atoms with Crippen LogP contribution in [0.3, 0.4) is 0 Å². The lowest BCUT2D eigenvalue weighted by molar-refractivity contribution is -0.137. The van der Waals surface area contributed by atoms with Gasteiger partial charge in [0.05, 0.1) is 11.3 Å². The van der Waals surface area contributed by atoms with Gasteiger partial charge in [0.1, 0.15) is 11.6 Å². The van der Waals surface area contributed by atoms with Gasteiger partial charge in [0.15, 0.2) is 0 Å². The summed E-state index contributed by atoms with van der Waals surface area (Å²) in [6.07, 6.45) is 1.18. The SMILES string of the molecule is CCCCc1ncc(-c2cc(=O)[nH]c(-c3cc(CNCC(C)C)ccc3C(F)(F)F)n2)cn1. The number of alkyl halides is 3. The molecule has 0 radical (unpaired) electrons. The molecule has 0 spiro atoms. The van der Waals surface area contributed by atoms with Gasteiger partial charge in [-0.1, -0.05) is 33.3 Å². The van der Waals surface area contributed by atoms with Crippen molar-refractivity contribution in [3.8, 4) is 22.6 Å². The number of hydrogen-bond acceptors (Lipinski definition) is 5. The Bertz CT molecular complexity index is 1120. The van der Waals surface area contributed by atoms with Crippen LogP contribution in [0, 0.1) is 5.92 Å². The van der Waals surface area contributed by atoms with E-state index < -0.39 is 17.3 Å². The van der Waals surface area contributed by atoms with Crippen LogP contribution in [-0.2, 0) is 19.1 Å². The number of aryl methyl sites for hydroxylation is 1. The second-order valence-corrected chi connectivity index (χ2v) is 8.37. The average molecular weight is 460 g/mol. The highest BCUT2D eigenvalue weighted by Crippen LogP contribution is 2.36. The van der Waals surface area contributed by atoms with Crippen molar-refractivity contribution in [1.29, 1.82) is 0 Å². The van der Waals surface area contributed by atoms with E-state index in [2.05, 4.69) is 32.2 Å². The van der Waals surface area contributed by atoms with Gasteiger partial charge < -0.3 is 10.3 Å². The molecule has 3 rings (SSSR count). The molecule has 3 aromatic rings. The van der Waals surface area contributed by atoms with Crippen LogP contribution in [0.25, 0.3) is 22.6 Å². The van der Waals surface area contributed by atoms with E-state index >= 15 is 0 Å². The molecule has 0 unspecified atom stereocenters. The molecule has 9 heteroatoms. The topological polar surface area (TPSA) is 83.6 Å². The van der Waals surface area contributed by atoms with Gasteiger partial charge in [-0.25, -0.2) is 15.0 Å². The summed E-state index contributed by atoms with van der Waals surface area (Å²) in [4.78, 5) is 27.7. The van der Waals surface area contributed by atoms with Crippen LogP contribution < -0.4 is 10.9 Å². The maximum Gasteiger partial charge on any atom is 0.417 e. The summed E-state index contributed by atoms with van der Waals surface area (Å²) in [6, 6.07) is 5.11. The van der Waals surface area contributed by atoms with Gasteiger partial charge in [0.25, 0.3) is 5.56 Å². The zero-order valence-corrected chi connectivity index (χ0v) is 19.0. The van der Waals surface area contributed by atoms with E-state index in [1.54, 1.807) is 12.4 Å². The van der Waals surface area contributed by atoms with Gasteiger partial charge in [0, 0.05) is 42.6 Å². The van der Waals surface area contributed by atoms with Crippen LogP contribution in [-0.4, -0.2) is 26.5 Å². The zero-order valence-electron chi connectivity index (χ0n) is 19.0. The number of nitrogens with zero attached hydrogens (tertiary/aromatic N) is 3. The maximum atomic E-state index is 13.7. The Morgan fingerprint density at radius 1 is 1.12 bits per heavy atom. The lowest BCUT2D eigenvalue weighted by Gasteiger charge is -2.15. The number of H-pyrrole nitrogens is 1. The Morgan fingerprint density at radius 2 is 1.85 bits per heavy atom. The highest BCUT2D eigenvalue weighted by atomic mass is 19.4. The summed E-state index contributed by atoms with van der Waals surface area (Å²) in [5.74, 6) is 0.932. The minimum absolute atomic E-state index is 0.148. The normalized spacial score (nSPS) is 11.8. The summed E-state index contributed by atoms with van der Waals surface area (Å²) in [5, 5.41) is 3.22. The number of benzene rings is 1. The lowest BCUT2D eigenvalue weighted by Crippen LogP contribution is -2.19. The Labute approximate surface area is 190 Å². The van der Waals surface area contributed by atoms with Crippen LogP contribution in [0.15, 0.2) is 41.5 Å². The first-order valence-corrected chi connectivity index (χ1v) is 11.0. The van der Waals surface area contributed by atoms with Crippen molar-refractivity contribution in [3.05, 3.63) is 64.0 Å². The summed E-state index contributed by atoms with van der Waals surface area (Å²) in [6.45, 7) is 7.30. The van der Waals surface area contributed by atoms with E-state index in [9.17, 15) is 18.0 Å². The van der Waals surface area contributed by atoms with Crippen LogP contribution >= 0.6 is 0 Å². The summed E-state index contributed by atoms with van der Waals surface area (Å²) >= 11 is 0. The fourth-order valence-electron chi connectivity index (χ4n) is 3.33. The molecule has 2 N–H and O–H groups in total. The van der Waals surface area contributed by atoms with Crippen molar-refractivity contribution in [2.24, 2.45) is 5.92 Å². The van der Waals surface area contributed by atoms with E-state index in [0.717, 1.165) is 31.9 Å². The van der Waals surface area contributed by atoms with Gasteiger partial charge >= 0.3 is 6.18 Å². The van der Waals surface area contributed by atoms with Crippen molar-refractivity contribution >= 4 is 0 Å². The molecule has 0 saturated heterocycles. The molecule has 33 heavy (non-hydrogen) atoms. The fourth-order valence-corrected chi connectivity index (χ4v) is 3.33. The third-order valence-electron chi connectivity index (χ3n) is 5.02. The number of hydrogen-bond donors (Lipinski definition) is 2. The third kappa shape index (κ3) is 6.71. The summed E-state index contributed by atoms with van der Waals surface area (Å²) in [5.41, 5.74) is -0.248. The van der Waals surface area contributed by atoms with Gasteiger partial charge in [-0.2, -0.15) is 13.2 Å². The second kappa shape index (κ2) is 10.7. The molecule has 1 aromatic carbocycles. The second-order valence-electron chi connectivity index (χ2n) is 8.37. The fraction of sp³-hybridized carbons (Fsp3) is 0.417. The van der Waals surface area contributed by atoms with Crippen LogP contribution in [0.1, 0.15) is 50.6 Å². The number of unbranched alkanes of at least 4 members (excludes halogenated alkanes) is 1. The third-order valence-corrected chi connectivity index (χ3v) is 5.02. The van der Waals surface area contributed by atoms with Crippen molar-refractivity contribution in [3.63, 3.8) is 0 Å². The molecule has 0 saturated carbocycles. The van der Waals surface area contributed by atoms with E-state index in [1.165, 1.54) is 18.2 Å². The van der Waals surface area contributed by atoms with Crippen molar-refractivity contribution in [2.75, 3.05) is 6.54 Å². The minimum Gasteiger partial charge on any atom is -0.312 e. The van der Waals surface area contributed by atoms with E-state index in [1.807, 2.05) is 13.8 Å². The van der Waals surface area contributed by atoms with Crippen LogP contribution in [0.2, 0.25) is 0 Å². The van der Waals surface area contributed by atoms with Crippen molar-refractivity contribution in [1.82, 2.24) is 25.3 Å². The first-order chi connectivity index (χ1) is 15.7. The van der Waals surface area contributed by atoms with E-state index in [-0.39, 0.29) is 17.1 Å². The molecule has 176 valence electrons. The number of aromatic nitrogens is 4. The molecule has 0 fully saturated rings.